The number of aromatic nitrogens is 1. The van der Waals surface area contributed by atoms with Gasteiger partial charge in [0.1, 0.15) is 11.4 Å². The summed E-state index contributed by atoms with van der Waals surface area (Å²) in [5.41, 5.74) is 0.566. The number of rotatable bonds is 2. The number of carbonyl (C=O) groups is 1. The highest BCUT2D eigenvalue weighted by Crippen LogP contribution is 2.28. The number of piperidine rings is 1. The molecule has 0 saturated carbocycles. The smallest absolute Gasteiger partial charge is 0.341 e. The molecule has 0 aliphatic carbocycles. The van der Waals surface area contributed by atoms with Crippen molar-refractivity contribution in [2.24, 2.45) is 11.8 Å². The maximum atomic E-state index is 11.9. The molecule has 1 saturated heterocycles. The molecule has 0 bridgehead atoms. The van der Waals surface area contributed by atoms with Gasteiger partial charge in [-0.3, -0.25) is 0 Å². The van der Waals surface area contributed by atoms with Crippen molar-refractivity contribution in [2.75, 3.05) is 25.1 Å². The number of pyridine rings is 1. The van der Waals surface area contributed by atoms with Crippen LogP contribution < -0.4 is 4.90 Å². The van der Waals surface area contributed by atoms with Gasteiger partial charge in [0.05, 0.1) is 7.11 Å². The van der Waals surface area contributed by atoms with Crippen LogP contribution in [0.1, 0.15) is 30.6 Å². The first-order chi connectivity index (χ1) is 9.02. The summed E-state index contributed by atoms with van der Waals surface area (Å²) in [5.74, 6) is 1.78. The Balaban J connectivity index is 2.31. The van der Waals surface area contributed by atoms with Crippen molar-refractivity contribution < 1.29 is 9.53 Å². The molecule has 0 radical (unpaired) electrons. The maximum Gasteiger partial charge on any atom is 0.341 e. The van der Waals surface area contributed by atoms with E-state index in [1.807, 2.05) is 6.07 Å². The Bertz CT molecular complexity index is 479. The molecule has 104 valence electrons. The van der Waals surface area contributed by atoms with E-state index >= 15 is 0 Å². The summed E-state index contributed by atoms with van der Waals surface area (Å²) < 4.78 is 5.81. The number of esters is 1. The van der Waals surface area contributed by atoms with Gasteiger partial charge in [0.2, 0.25) is 0 Å². The fourth-order valence-corrected chi connectivity index (χ4v) is 2.85. The summed E-state index contributed by atoms with van der Waals surface area (Å²) in [6, 6.07) is 1.84. The van der Waals surface area contributed by atoms with Crippen molar-refractivity contribution in [3.8, 4) is 0 Å². The molecular formula is C14H19IN2O2. The normalized spacial score (nSPS) is 23.3. The van der Waals surface area contributed by atoms with Crippen LogP contribution in [-0.4, -0.2) is 31.2 Å². The number of ether oxygens (including phenoxy) is 1. The summed E-state index contributed by atoms with van der Waals surface area (Å²) in [7, 11) is 1.41. The highest BCUT2D eigenvalue weighted by molar-refractivity contribution is 14.1. The molecule has 1 fully saturated rings. The molecule has 2 heterocycles. The van der Waals surface area contributed by atoms with E-state index in [1.165, 1.54) is 7.11 Å². The number of hydrogen-bond acceptors (Lipinski definition) is 4. The van der Waals surface area contributed by atoms with Gasteiger partial charge < -0.3 is 9.64 Å². The van der Waals surface area contributed by atoms with Crippen LogP contribution in [0, 0.1) is 15.4 Å². The Morgan fingerprint density at radius 3 is 2.84 bits per heavy atom. The summed E-state index contributed by atoms with van der Waals surface area (Å²) in [6.45, 7) is 6.42. The van der Waals surface area contributed by atoms with E-state index in [-0.39, 0.29) is 5.97 Å². The zero-order valence-electron chi connectivity index (χ0n) is 11.5. The number of anilines is 1. The molecule has 1 aromatic heterocycles. The second-order valence-corrected chi connectivity index (χ2v) is 6.45. The van der Waals surface area contributed by atoms with Crippen LogP contribution in [0.25, 0.3) is 0 Å². The van der Waals surface area contributed by atoms with E-state index in [0.29, 0.717) is 11.5 Å². The topological polar surface area (TPSA) is 42.4 Å². The molecule has 0 aromatic carbocycles. The van der Waals surface area contributed by atoms with Gasteiger partial charge >= 0.3 is 5.97 Å². The molecular weight excluding hydrogens is 355 g/mol. The van der Waals surface area contributed by atoms with Crippen molar-refractivity contribution in [1.29, 1.82) is 0 Å². The van der Waals surface area contributed by atoms with E-state index in [0.717, 1.165) is 34.8 Å². The van der Waals surface area contributed by atoms with Crippen molar-refractivity contribution in [1.82, 2.24) is 4.98 Å². The summed E-state index contributed by atoms with van der Waals surface area (Å²) >= 11 is 2.16. The minimum atomic E-state index is -0.313. The Hall–Kier alpha value is -0.850. The maximum absolute atomic E-state index is 11.9. The molecule has 5 heteroatoms. The van der Waals surface area contributed by atoms with Crippen molar-refractivity contribution in [3.63, 3.8) is 0 Å². The van der Waals surface area contributed by atoms with Crippen molar-refractivity contribution >= 4 is 34.4 Å². The molecule has 1 aliphatic heterocycles. The van der Waals surface area contributed by atoms with Crippen molar-refractivity contribution in [2.45, 2.75) is 20.3 Å². The Kier molecular flexibility index (Phi) is 4.65. The zero-order chi connectivity index (χ0) is 14.0. The molecule has 4 nitrogen and oxygen atoms in total. The minimum Gasteiger partial charge on any atom is -0.465 e. The van der Waals surface area contributed by atoms with Gasteiger partial charge in [-0.05, 0) is 46.9 Å². The minimum absolute atomic E-state index is 0.313. The van der Waals surface area contributed by atoms with Gasteiger partial charge in [-0.15, -0.1) is 0 Å². The molecule has 0 amide bonds. The molecule has 0 N–H and O–H groups in total. The lowest BCUT2D eigenvalue weighted by Gasteiger charge is -2.36. The average molecular weight is 374 g/mol. The third-order valence-electron chi connectivity index (χ3n) is 3.87. The van der Waals surface area contributed by atoms with E-state index in [9.17, 15) is 4.79 Å². The largest absolute Gasteiger partial charge is 0.465 e. The standard InChI is InChI=1S/C14H19IN2O2/c1-9-4-5-17(8-10(9)2)13-12(14(18)19-3)6-11(15)7-16-13/h6-7,9-10H,4-5,8H2,1-3H3. The molecule has 0 spiro atoms. The molecule has 2 rings (SSSR count). The second-order valence-electron chi connectivity index (χ2n) is 5.21. The van der Waals surface area contributed by atoms with Crippen LogP contribution in [0.5, 0.6) is 0 Å². The first-order valence-corrected chi connectivity index (χ1v) is 7.59. The number of carbonyl (C=O) groups excluding carboxylic acids is 1. The third-order valence-corrected chi connectivity index (χ3v) is 4.46. The predicted octanol–water partition coefficient (Wildman–Crippen LogP) is 2.96. The number of methoxy groups -OCH3 is 1. The highest BCUT2D eigenvalue weighted by Gasteiger charge is 2.26. The average Bonchev–Trinajstić information content (AvgIpc) is 2.41. The first-order valence-electron chi connectivity index (χ1n) is 6.51. The zero-order valence-corrected chi connectivity index (χ0v) is 13.7. The summed E-state index contributed by atoms with van der Waals surface area (Å²) in [5, 5.41) is 0. The monoisotopic (exact) mass is 374 g/mol. The molecule has 1 aromatic rings. The molecule has 2 atom stereocenters. The Morgan fingerprint density at radius 1 is 1.47 bits per heavy atom. The van der Waals surface area contributed by atoms with Gasteiger partial charge in [-0.1, -0.05) is 13.8 Å². The SMILES string of the molecule is COC(=O)c1cc(I)cnc1N1CCC(C)C(C)C1. The lowest BCUT2D eigenvalue weighted by atomic mass is 9.88. The number of hydrogen-bond donors (Lipinski definition) is 0. The Morgan fingerprint density at radius 2 is 2.21 bits per heavy atom. The third kappa shape index (κ3) is 3.19. The quantitative estimate of drug-likeness (QED) is 0.590. The van der Waals surface area contributed by atoms with Crippen LogP contribution in [0.2, 0.25) is 0 Å². The van der Waals surface area contributed by atoms with Gasteiger partial charge in [-0.25, -0.2) is 9.78 Å². The van der Waals surface area contributed by atoms with Gasteiger partial charge in [-0.2, -0.15) is 0 Å². The predicted molar refractivity (Wildman–Crippen MR) is 83.5 cm³/mol. The fourth-order valence-electron chi connectivity index (χ4n) is 2.40. The number of nitrogens with zero attached hydrogens (tertiary/aromatic N) is 2. The van der Waals surface area contributed by atoms with Crippen LogP contribution >= 0.6 is 22.6 Å². The Labute approximate surface area is 127 Å². The van der Waals surface area contributed by atoms with Gasteiger partial charge in [0, 0.05) is 22.9 Å². The van der Waals surface area contributed by atoms with Gasteiger partial charge in [0.25, 0.3) is 0 Å². The fraction of sp³-hybridized carbons (Fsp3) is 0.571. The summed E-state index contributed by atoms with van der Waals surface area (Å²) in [4.78, 5) is 18.5. The van der Waals surface area contributed by atoms with E-state index in [4.69, 9.17) is 4.74 Å². The summed E-state index contributed by atoms with van der Waals surface area (Å²) in [6.07, 6.45) is 2.93. The van der Waals surface area contributed by atoms with Gasteiger partial charge in [0.15, 0.2) is 0 Å². The molecule has 19 heavy (non-hydrogen) atoms. The van der Waals surface area contributed by atoms with E-state index in [1.54, 1.807) is 6.20 Å². The van der Waals surface area contributed by atoms with E-state index < -0.39 is 0 Å². The lowest BCUT2D eigenvalue weighted by Crippen LogP contribution is -2.39. The van der Waals surface area contributed by atoms with Crippen LogP contribution in [0.15, 0.2) is 12.3 Å². The first kappa shape index (κ1) is 14.6. The van der Waals surface area contributed by atoms with Crippen LogP contribution in [-0.2, 0) is 4.74 Å². The van der Waals surface area contributed by atoms with Crippen LogP contribution in [0.4, 0.5) is 5.82 Å². The van der Waals surface area contributed by atoms with Crippen LogP contribution in [0.3, 0.4) is 0 Å². The molecule has 2 unspecified atom stereocenters. The molecule has 1 aliphatic rings. The number of halogens is 1. The van der Waals surface area contributed by atoms with E-state index in [2.05, 4.69) is 46.3 Å². The highest BCUT2D eigenvalue weighted by atomic mass is 127. The second kappa shape index (κ2) is 6.07. The van der Waals surface area contributed by atoms with Crippen molar-refractivity contribution in [3.05, 3.63) is 21.4 Å². The lowest BCUT2D eigenvalue weighted by molar-refractivity contribution is 0.0600.